The average Bonchev–Trinajstić information content (AvgIpc) is 3.38. The van der Waals surface area contributed by atoms with E-state index in [1.807, 2.05) is 0 Å². The fourth-order valence-corrected chi connectivity index (χ4v) is 9.08. The minimum atomic E-state index is -0.774. The third-order valence-corrected chi connectivity index (χ3v) is 13.8. The van der Waals surface area contributed by atoms with Crippen LogP contribution in [0.25, 0.3) is 0 Å². The molecule has 0 aliphatic heterocycles. The van der Waals surface area contributed by atoms with Crippen molar-refractivity contribution in [3.05, 3.63) is 60.8 Å². The molecular formula is C66H118O6. The lowest BCUT2D eigenvalue weighted by Crippen LogP contribution is -2.30. The van der Waals surface area contributed by atoms with Gasteiger partial charge in [-0.3, -0.25) is 14.4 Å². The second kappa shape index (κ2) is 60.7. The molecule has 0 fully saturated rings. The van der Waals surface area contributed by atoms with Crippen LogP contribution in [-0.4, -0.2) is 37.2 Å². The molecule has 0 aromatic rings. The van der Waals surface area contributed by atoms with Crippen molar-refractivity contribution in [3.63, 3.8) is 0 Å². The lowest BCUT2D eigenvalue weighted by atomic mass is 10.0. The monoisotopic (exact) mass is 1010 g/mol. The summed E-state index contributed by atoms with van der Waals surface area (Å²) in [6.07, 6.45) is 76.6. The quantitative estimate of drug-likeness (QED) is 0.0261. The number of allylic oxidation sites excluding steroid dienone is 10. The highest BCUT2D eigenvalue weighted by Crippen LogP contribution is 2.17. The van der Waals surface area contributed by atoms with E-state index in [0.717, 1.165) is 89.9 Å². The molecule has 0 heterocycles. The Hall–Kier alpha value is -2.89. The Morgan fingerprint density at radius 1 is 0.292 bits per heavy atom. The highest BCUT2D eigenvalue weighted by molar-refractivity contribution is 5.71. The summed E-state index contributed by atoms with van der Waals surface area (Å²) in [5.74, 6) is -0.866. The summed E-state index contributed by atoms with van der Waals surface area (Å²) in [4.78, 5) is 38.2. The van der Waals surface area contributed by atoms with Crippen LogP contribution < -0.4 is 0 Å². The zero-order valence-electron chi connectivity index (χ0n) is 47.9. The van der Waals surface area contributed by atoms with E-state index in [9.17, 15) is 14.4 Å². The van der Waals surface area contributed by atoms with E-state index in [-0.39, 0.29) is 31.1 Å². The molecule has 0 bridgehead atoms. The third-order valence-electron chi connectivity index (χ3n) is 13.8. The van der Waals surface area contributed by atoms with Gasteiger partial charge in [0.15, 0.2) is 6.10 Å². The number of esters is 3. The minimum Gasteiger partial charge on any atom is -0.462 e. The molecule has 0 saturated carbocycles. The highest BCUT2D eigenvalue weighted by Gasteiger charge is 2.19. The van der Waals surface area contributed by atoms with Crippen LogP contribution in [0.2, 0.25) is 0 Å². The fourth-order valence-electron chi connectivity index (χ4n) is 9.08. The number of hydrogen-bond donors (Lipinski definition) is 0. The number of rotatable bonds is 57. The number of carbonyl (C=O) groups is 3. The maximum Gasteiger partial charge on any atom is 0.306 e. The van der Waals surface area contributed by atoms with Crippen LogP contribution in [-0.2, 0) is 28.6 Å². The van der Waals surface area contributed by atoms with Crippen LogP contribution in [0.3, 0.4) is 0 Å². The van der Waals surface area contributed by atoms with Crippen molar-refractivity contribution in [1.82, 2.24) is 0 Å². The van der Waals surface area contributed by atoms with Crippen LogP contribution in [0.1, 0.15) is 323 Å². The van der Waals surface area contributed by atoms with Gasteiger partial charge in [0.2, 0.25) is 0 Å². The standard InChI is InChI=1S/C66H118O6/c1-4-7-10-13-16-19-22-25-27-28-29-30-31-32-33-34-35-36-37-38-40-41-44-47-50-53-56-59-65(68)71-62-63(61-70-64(67)58-55-52-49-46-43-24-21-18-15-12-9-6-3)72-66(69)60-57-54-51-48-45-42-39-26-23-20-17-14-11-8-5-2/h7,10,16,18-19,21,25,27,29-30,63H,4-6,8-9,11-15,17,20,22-24,26,28,31-62H2,1-3H3/b10-7-,19-16-,21-18-,27-25-,30-29-. The molecule has 0 aromatic carbocycles. The average molecular weight is 1010 g/mol. The second-order valence-corrected chi connectivity index (χ2v) is 20.9. The van der Waals surface area contributed by atoms with Gasteiger partial charge in [-0.15, -0.1) is 0 Å². The molecule has 0 spiro atoms. The molecule has 0 N–H and O–H groups in total. The van der Waals surface area contributed by atoms with E-state index in [4.69, 9.17) is 14.2 Å². The Kier molecular flexibility index (Phi) is 58.2. The van der Waals surface area contributed by atoms with Crippen molar-refractivity contribution in [1.29, 1.82) is 0 Å². The van der Waals surface area contributed by atoms with Gasteiger partial charge in [0, 0.05) is 19.3 Å². The number of carbonyl (C=O) groups excluding carboxylic acids is 3. The zero-order chi connectivity index (χ0) is 52.2. The van der Waals surface area contributed by atoms with E-state index in [1.165, 1.54) is 193 Å². The summed E-state index contributed by atoms with van der Waals surface area (Å²) in [6.45, 7) is 6.54. The first-order chi connectivity index (χ1) is 35.5. The van der Waals surface area contributed by atoms with Crippen LogP contribution in [0, 0.1) is 0 Å². The van der Waals surface area contributed by atoms with E-state index in [1.54, 1.807) is 0 Å². The van der Waals surface area contributed by atoms with Crippen molar-refractivity contribution < 1.29 is 28.6 Å². The van der Waals surface area contributed by atoms with E-state index in [2.05, 4.69) is 81.5 Å². The Labute approximate surface area is 447 Å². The number of unbranched alkanes of at least 4 members (excludes halogenated alkanes) is 36. The molecule has 0 aliphatic rings. The molecule has 1 atom stereocenters. The van der Waals surface area contributed by atoms with Crippen molar-refractivity contribution >= 4 is 17.9 Å². The molecule has 0 saturated heterocycles. The Bertz CT molecular complexity index is 1290. The van der Waals surface area contributed by atoms with Crippen LogP contribution in [0.4, 0.5) is 0 Å². The molecule has 0 radical (unpaired) electrons. The molecule has 418 valence electrons. The largest absolute Gasteiger partial charge is 0.462 e. The van der Waals surface area contributed by atoms with E-state index >= 15 is 0 Å². The summed E-state index contributed by atoms with van der Waals surface area (Å²) < 4.78 is 16.9. The Morgan fingerprint density at radius 3 is 0.889 bits per heavy atom. The minimum absolute atomic E-state index is 0.0730. The lowest BCUT2D eigenvalue weighted by molar-refractivity contribution is -0.167. The topological polar surface area (TPSA) is 78.9 Å². The highest BCUT2D eigenvalue weighted by atomic mass is 16.6. The van der Waals surface area contributed by atoms with Crippen molar-refractivity contribution in [2.75, 3.05) is 13.2 Å². The summed E-state index contributed by atoms with van der Waals surface area (Å²) in [5.41, 5.74) is 0. The van der Waals surface area contributed by atoms with Crippen LogP contribution in [0.5, 0.6) is 0 Å². The Balaban J connectivity index is 4.21. The van der Waals surface area contributed by atoms with Gasteiger partial charge in [0.1, 0.15) is 13.2 Å². The summed E-state index contributed by atoms with van der Waals surface area (Å²) >= 11 is 0. The first-order valence-corrected chi connectivity index (χ1v) is 31.3. The molecular weight excluding hydrogens is 889 g/mol. The van der Waals surface area contributed by atoms with Gasteiger partial charge in [0.05, 0.1) is 0 Å². The zero-order valence-corrected chi connectivity index (χ0v) is 47.9. The van der Waals surface area contributed by atoms with Gasteiger partial charge in [-0.2, -0.15) is 0 Å². The predicted octanol–water partition coefficient (Wildman–Crippen LogP) is 21.2. The van der Waals surface area contributed by atoms with Gasteiger partial charge in [-0.1, -0.05) is 281 Å². The van der Waals surface area contributed by atoms with Crippen LogP contribution >= 0.6 is 0 Å². The molecule has 0 rings (SSSR count). The number of hydrogen-bond acceptors (Lipinski definition) is 6. The van der Waals surface area contributed by atoms with Gasteiger partial charge in [0.25, 0.3) is 0 Å². The first-order valence-electron chi connectivity index (χ1n) is 31.3. The summed E-state index contributed by atoms with van der Waals surface area (Å²) in [7, 11) is 0. The first kappa shape index (κ1) is 69.1. The number of ether oxygens (including phenoxy) is 3. The molecule has 72 heavy (non-hydrogen) atoms. The second-order valence-electron chi connectivity index (χ2n) is 20.9. The van der Waals surface area contributed by atoms with Crippen molar-refractivity contribution in [3.8, 4) is 0 Å². The smallest absolute Gasteiger partial charge is 0.306 e. The normalized spacial score (nSPS) is 12.4. The molecule has 0 aliphatic carbocycles. The lowest BCUT2D eigenvalue weighted by Gasteiger charge is -2.18. The van der Waals surface area contributed by atoms with Gasteiger partial charge >= 0.3 is 17.9 Å². The molecule has 6 nitrogen and oxygen atoms in total. The van der Waals surface area contributed by atoms with E-state index < -0.39 is 6.10 Å². The molecule has 0 aromatic heterocycles. The van der Waals surface area contributed by atoms with Crippen molar-refractivity contribution in [2.24, 2.45) is 0 Å². The molecule has 6 heteroatoms. The van der Waals surface area contributed by atoms with Gasteiger partial charge in [-0.25, -0.2) is 0 Å². The Morgan fingerprint density at radius 2 is 0.542 bits per heavy atom. The fraction of sp³-hybridized carbons (Fsp3) is 0.803. The van der Waals surface area contributed by atoms with Crippen LogP contribution in [0.15, 0.2) is 60.8 Å². The summed E-state index contributed by atoms with van der Waals surface area (Å²) in [5, 5.41) is 0. The third kappa shape index (κ3) is 58.0. The van der Waals surface area contributed by atoms with Gasteiger partial charge in [-0.05, 0) is 83.5 Å². The van der Waals surface area contributed by atoms with Crippen molar-refractivity contribution in [2.45, 2.75) is 329 Å². The maximum atomic E-state index is 12.9. The van der Waals surface area contributed by atoms with Gasteiger partial charge < -0.3 is 14.2 Å². The SMILES string of the molecule is CC/C=C\C/C=C\C/C=C\C/C=C\CCCCCCCCCCCCCCCCC(=O)OCC(COC(=O)CCCCCCC/C=C\CCCCC)OC(=O)CCCCCCCCCCCCCCCCC. The molecule has 0 amide bonds. The summed E-state index contributed by atoms with van der Waals surface area (Å²) in [6, 6.07) is 0. The maximum absolute atomic E-state index is 12.9. The molecule has 1 unspecified atom stereocenters. The predicted molar refractivity (Wildman–Crippen MR) is 312 cm³/mol. The van der Waals surface area contributed by atoms with E-state index in [0.29, 0.717) is 19.3 Å².